The van der Waals surface area contributed by atoms with E-state index >= 15 is 0 Å². The van der Waals surface area contributed by atoms with E-state index in [0.29, 0.717) is 5.56 Å². The molecule has 6 rings (SSSR count). The lowest BCUT2D eigenvalue weighted by atomic mass is 10.1. The van der Waals surface area contributed by atoms with Crippen LogP contribution in [0.3, 0.4) is 0 Å². The standard InChI is InChI=1S/C25H14N2O.2C2H6/c26-15-16-7-1-4-10-21(16)27-22-11-5-2-8-17(22)19-13-20-18-9-3-6-12-24(18)28-25(20)14-23(19)27;2*1-2/h1-14H;2*1-2H3. The van der Waals surface area contributed by atoms with Gasteiger partial charge in [-0.1, -0.05) is 76.2 Å². The Bertz CT molecular complexity index is 1580. The number of para-hydroxylation sites is 3. The Balaban J connectivity index is 0.000000582. The van der Waals surface area contributed by atoms with E-state index in [9.17, 15) is 5.26 Å². The van der Waals surface area contributed by atoms with E-state index in [2.05, 4.69) is 47.0 Å². The fourth-order valence-electron chi connectivity index (χ4n) is 4.21. The van der Waals surface area contributed by atoms with Gasteiger partial charge in [-0.15, -0.1) is 0 Å². The molecule has 0 fully saturated rings. The van der Waals surface area contributed by atoms with Gasteiger partial charge in [-0.3, -0.25) is 0 Å². The van der Waals surface area contributed by atoms with Gasteiger partial charge in [0, 0.05) is 27.6 Å². The van der Waals surface area contributed by atoms with E-state index < -0.39 is 0 Å². The minimum absolute atomic E-state index is 0.648. The number of hydrogen-bond acceptors (Lipinski definition) is 2. The van der Waals surface area contributed by atoms with Crippen molar-refractivity contribution in [1.82, 2.24) is 4.57 Å². The average Bonchev–Trinajstić information content (AvgIpc) is 3.40. The van der Waals surface area contributed by atoms with Crippen LogP contribution in [0.1, 0.15) is 33.3 Å². The first-order chi connectivity index (χ1) is 15.8. The summed E-state index contributed by atoms with van der Waals surface area (Å²) in [5.74, 6) is 0. The van der Waals surface area contributed by atoms with Gasteiger partial charge in [0.15, 0.2) is 0 Å². The topological polar surface area (TPSA) is 41.9 Å². The fourth-order valence-corrected chi connectivity index (χ4v) is 4.21. The quantitative estimate of drug-likeness (QED) is 0.268. The molecular formula is C29H26N2O. The Labute approximate surface area is 188 Å². The first kappa shape index (κ1) is 21.2. The van der Waals surface area contributed by atoms with Gasteiger partial charge in [-0.2, -0.15) is 5.26 Å². The molecular weight excluding hydrogens is 392 g/mol. The summed E-state index contributed by atoms with van der Waals surface area (Å²) in [6.07, 6.45) is 0. The highest BCUT2D eigenvalue weighted by molar-refractivity contribution is 6.17. The number of hydrogen-bond donors (Lipinski definition) is 0. The molecule has 0 N–H and O–H groups in total. The fraction of sp³-hybridized carbons (Fsp3) is 0.138. The zero-order valence-electron chi connectivity index (χ0n) is 18.9. The van der Waals surface area contributed by atoms with E-state index in [1.807, 2.05) is 76.2 Å². The first-order valence-electron chi connectivity index (χ1n) is 11.2. The van der Waals surface area contributed by atoms with Crippen LogP contribution >= 0.6 is 0 Å². The number of aromatic nitrogens is 1. The summed E-state index contributed by atoms with van der Waals surface area (Å²) in [4.78, 5) is 0. The minimum atomic E-state index is 0.648. The maximum Gasteiger partial charge on any atom is 0.137 e. The van der Waals surface area contributed by atoms with Gasteiger partial charge < -0.3 is 8.98 Å². The van der Waals surface area contributed by atoms with Gasteiger partial charge in [-0.05, 0) is 30.3 Å². The predicted molar refractivity (Wildman–Crippen MR) is 135 cm³/mol. The summed E-state index contributed by atoms with van der Waals surface area (Å²) < 4.78 is 8.29. The van der Waals surface area contributed by atoms with Crippen molar-refractivity contribution in [3.8, 4) is 11.8 Å². The van der Waals surface area contributed by atoms with Crippen LogP contribution in [0.4, 0.5) is 0 Å². The van der Waals surface area contributed by atoms with Gasteiger partial charge in [0.05, 0.1) is 22.3 Å². The molecule has 0 atom stereocenters. The normalized spacial score (nSPS) is 10.5. The highest BCUT2D eigenvalue weighted by atomic mass is 16.3. The van der Waals surface area contributed by atoms with Crippen molar-refractivity contribution in [2.45, 2.75) is 27.7 Å². The number of benzene rings is 4. The molecule has 4 aromatic carbocycles. The smallest absolute Gasteiger partial charge is 0.137 e. The van der Waals surface area contributed by atoms with Crippen molar-refractivity contribution >= 4 is 43.7 Å². The van der Waals surface area contributed by atoms with Crippen molar-refractivity contribution in [3.63, 3.8) is 0 Å². The van der Waals surface area contributed by atoms with Gasteiger partial charge >= 0.3 is 0 Å². The average molecular weight is 419 g/mol. The van der Waals surface area contributed by atoms with E-state index in [0.717, 1.165) is 49.4 Å². The molecule has 3 nitrogen and oxygen atoms in total. The summed E-state index contributed by atoms with van der Waals surface area (Å²) in [6.45, 7) is 8.00. The van der Waals surface area contributed by atoms with Crippen LogP contribution in [0.2, 0.25) is 0 Å². The maximum atomic E-state index is 9.65. The highest BCUT2D eigenvalue weighted by Crippen LogP contribution is 2.38. The molecule has 2 heterocycles. The van der Waals surface area contributed by atoms with Crippen molar-refractivity contribution in [2.24, 2.45) is 0 Å². The summed E-state index contributed by atoms with van der Waals surface area (Å²) in [6, 6.07) is 30.8. The number of nitriles is 1. The Morgan fingerprint density at radius 3 is 2.06 bits per heavy atom. The van der Waals surface area contributed by atoms with Crippen molar-refractivity contribution < 1.29 is 4.42 Å². The van der Waals surface area contributed by atoms with Gasteiger partial charge in [0.1, 0.15) is 17.2 Å². The van der Waals surface area contributed by atoms with Gasteiger partial charge in [0.25, 0.3) is 0 Å². The van der Waals surface area contributed by atoms with Gasteiger partial charge in [-0.25, -0.2) is 0 Å². The van der Waals surface area contributed by atoms with Crippen LogP contribution in [0.25, 0.3) is 49.4 Å². The first-order valence-corrected chi connectivity index (χ1v) is 11.2. The second kappa shape index (κ2) is 8.99. The zero-order valence-corrected chi connectivity index (χ0v) is 18.9. The maximum absolute atomic E-state index is 9.65. The molecule has 0 spiro atoms. The second-order valence-electron chi connectivity index (χ2n) is 6.95. The third-order valence-electron chi connectivity index (χ3n) is 5.44. The molecule has 0 bridgehead atoms. The molecule has 32 heavy (non-hydrogen) atoms. The molecule has 0 aliphatic carbocycles. The van der Waals surface area contributed by atoms with Crippen LogP contribution in [0.5, 0.6) is 0 Å². The van der Waals surface area contributed by atoms with E-state index in [4.69, 9.17) is 4.42 Å². The number of furan rings is 1. The lowest BCUT2D eigenvalue weighted by Crippen LogP contribution is -1.96. The molecule has 0 unspecified atom stereocenters. The van der Waals surface area contributed by atoms with Crippen molar-refractivity contribution in [2.75, 3.05) is 0 Å². The largest absolute Gasteiger partial charge is 0.456 e. The molecule has 3 heteroatoms. The Morgan fingerprint density at radius 2 is 1.28 bits per heavy atom. The van der Waals surface area contributed by atoms with Crippen LogP contribution in [-0.2, 0) is 0 Å². The SMILES string of the molecule is CC.CC.N#Cc1ccccc1-n1c2ccccc2c2cc3c(cc21)oc1ccccc13. The molecule has 6 aromatic rings. The molecule has 0 saturated heterocycles. The summed E-state index contributed by atoms with van der Waals surface area (Å²) in [5.41, 5.74) is 5.39. The van der Waals surface area contributed by atoms with Crippen LogP contribution in [-0.4, -0.2) is 4.57 Å². The van der Waals surface area contributed by atoms with Crippen molar-refractivity contribution in [1.29, 1.82) is 5.26 Å². The number of fused-ring (bicyclic) bond motifs is 6. The van der Waals surface area contributed by atoms with Crippen LogP contribution in [0, 0.1) is 11.3 Å². The third kappa shape index (κ3) is 3.21. The molecule has 0 aliphatic rings. The van der Waals surface area contributed by atoms with Crippen molar-refractivity contribution in [3.05, 3.63) is 90.5 Å². The lowest BCUT2D eigenvalue weighted by molar-refractivity contribution is 0.669. The van der Waals surface area contributed by atoms with Crippen LogP contribution < -0.4 is 0 Å². The Kier molecular flexibility index (Phi) is 5.96. The summed E-state index contributed by atoms with van der Waals surface area (Å²) >= 11 is 0. The molecule has 0 amide bonds. The summed E-state index contributed by atoms with van der Waals surface area (Å²) in [5, 5.41) is 14.2. The highest BCUT2D eigenvalue weighted by Gasteiger charge is 2.17. The second-order valence-corrected chi connectivity index (χ2v) is 6.95. The van der Waals surface area contributed by atoms with Gasteiger partial charge in [0.2, 0.25) is 0 Å². The zero-order chi connectivity index (χ0) is 22.7. The minimum Gasteiger partial charge on any atom is -0.456 e. The molecule has 0 saturated carbocycles. The monoisotopic (exact) mass is 418 g/mol. The van der Waals surface area contributed by atoms with E-state index in [-0.39, 0.29) is 0 Å². The predicted octanol–water partition coefficient (Wildman–Crippen LogP) is 8.61. The Morgan fingerprint density at radius 1 is 0.625 bits per heavy atom. The third-order valence-corrected chi connectivity index (χ3v) is 5.44. The summed E-state index contributed by atoms with van der Waals surface area (Å²) in [7, 11) is 0. The number of nitrogens with zero attached hydrogens (tertiary/aromatic N) is 2. The molecule has 0 aliphatic heterocycles. The molecule has 0 radical (unpaired) electrons. The lowest BCUT2D eigenvalue weighted by Gasteiger charge is -2.09. The number of rotatable bonds is 1. The Hall–Kier alpha value is -4.03. The molecule has 158 valence electrons. The van der Waals surface area contributed by atoms with Crippen LogP contribution in [0.15, 0.2) is 89.3 Å². The molecule has 2 aromatic heterocycles. The van der Waals surface area contributed by atoms with E-state index in [1.54, 1.807) is 0 Å². The van der Waals surface area contributed by atoms with E-state index in [1.165, 1.54) is 0 Å².